The molecule has 0 aliphatic heterocycles. The molecule has 116 valence electrons. The summed E-state index contributed by atoms with van der Waals surface area (Å²) < 4.78 is 0. The molecule has 0 heterocycles. The van der Waals surface area contributed by atoms with Gasteiger partial charge in [-0.1, -0.05) is 49.6 Å². The van der Waals surface area contributed by atoms with Crippen molar-refractivity contribution in [2.24, 2.45) is 5.41 Å². The molecule has 1 aliphatic rings. The predicted molar refractivity (Wildman–Crippen MR) is 78.9 cm³/mol. The van der Waals surface area contributed by atoms with Crippen molar-refractivity contribution < 1.29 is 19.6 Å². The molecule has 0 aromatic heterocycles. The van der Waals surface area contributed by atoms with Crippen molar-refractivity contribution in [3.8, 4) is 0 Å². The normalized spacial score (nSPS) is 18.2. The first kappa shape index (κ1) is 16.0. The van der Waals surface area contributed by atoms with Crippen LogP contribution in [0.1, 0.15) is 58.4 Å². The first-order valence-electron chi connectivity index (χ1n) is 7.56. The van der Waals surface area contributed by atoms with E-state index in [0.717, 1.165) is 31.2 Å². The minimum atomic E-state index is -0.615. The van der Waals surface area contributed by atoms with E-state index in [0.29, 0.717) is 0 Å². The van der Waals surface area contributed by atoms with Crippen molar-refractivity contribution in [3.63, 3.8) is 0 Å². The molecule has 0 unspecified atom stereocenters. The van der Waals surface area contributed by atoms with Gasteiger partial charge in [0.15, 0.2) is 0 Å². The van der Waals surface area contributed by atoms with E-state index in [1.54, 1.807) is 20.8 Å². The predicted octanol–water partition coefficient (Wildman–Crippen LogP) is 4.30. The Morgan fingerprint density at radius 1 is 1.05 bits per heavy atom. The van der Waals surface area contributed by atoms with Crippen LogP contribution in [0.25, 0.3) is 0 Å². The number of hydrogen-bond donors (Lipinski definition) is 0. The van der Waals surface area contributed by atoms with Crippen molar-refractivity contribution in [1.82, 2.24) is 0 Å². The summed E-state index contributed by atoms with van der Waals surface area (Å²) in [6.07, 6.45) is 5.07. The van der Waals surface area contributed by atoms with E-state index >= 15 is 0 Å². The van der Waals surface area contributed by atoms with Crippen molar-refractivity contribution in [3.05, 3.63) is 35.9 Å². The van der Waals surface area contributed by atoms with Crippen molar-refractivity contribution in [2.75, 3.05) is 0 Å². The van der Waals surface area contributed by atoms with E-state index < -0.39 is 17.0 Å². The van der Waals surface area contributed by atoms with Gasteiger partial charge < -0.3 is 0 Å². The van der Waals surface area contributed by atoms with Gasteiger partial charge in [-0.3, -0.25) is 4.89 Å². The standard InChI is InChI=1S/C17H24O4/c1-16(2,3)15(18)19-21-20-17(12-8-5-9-13-17)14-10-6-4-7-11-14/h4,6-7,10-11H,5,8-9,12-13H2,1-3H3. The lowest BCUT2D eigenvalue weighted by atomic mass is 9.80. The molecule has 0 atom stereocenters. The third kappa shape index (κ3) is 4.05. The molecule has 2 rings (SSSR count). The van der Waals surface area contributed by atoms with Crippen molar-refractivity contribution in [2.45, 2.75) is 58.5 Å². The Kier molecular flexibility index (Phi) is 5.01. The molecule has 1 aliphatic carbocycles. The summed E-state index contributed by atoms with van der Waals surface area (Å²) in [4.78, 5) is 22.1. The fourth-order valence-corrected chi connectivity index (χ4v) is 2.52. The highest BCUT2D eigenvalue weighted by Gasteiger charge is 2.37. The molecule has 1 saturated carbocycles. The fourth-order valence-electron chi connectivity index (χ4n) is 2.52. The van der Waals surface area contributed by atoms with Gasteiger partial charge in [0, 0.05) is 0 Å². The third-order valence-electron chi connectivity index (χ3n) is 3.88. The fraction of sp³-hybridized carbons (Fsp3) is 0.588. The Hall–Kier alpha value is -1.39. The van der Waals surface area contributed by atoms with Crippen LogP contribution in [0.15, 0.2) is 30.3 Å². The van der Waals surface area contributed by atoms with Crippen LogP contribution >= 0.6 is 0 Å². The summed E-state index contributed by atoms with van der Waals surface area (Å²) in [5.74, 6) is -0.443. The van der Waals surface area contributed by atoms with Crippen molar-refractivity contribution in [1.29, 1.82) is 0 Å². The molecule has 21 heavy (non-hydrogen) atoms. The first-order chi connectivity index (χ1) is 9.94. The van der Waals surface area contributed by atoms with Crippen LogP contribution < -0.4 is 0 Å². The summed E-state index contributed by atoms with van der Waals surface area (Å²) >= 11 is 0. The molecular formula is C17H24O4. The largest absolute Gasteiger partial charge is 0.350 e. The highest BCUT2D eigenvalue weighted by Crippen LogP contribution is 2.40. The maximum absolute atomic E-state index is 11.7. The number of carbonyl (C=O) groups is 1. The average molecular weight is 292 g/mol. The Morgan fingerprint density at radius 3 is 2.24 bits per heavy atom. The summed E-state index contributed by atoms with van der Waals surface area (Å²) in [7, 11) is 0. The first-order valence-corrected chi connectivity index (χ1v) is 7.56. The highest BCUT2D eigenvalue weighted by molar-refractivity contribution is 5.74. The SMILES string of the molecule is CC(C)(C)C(=O)OOOC1(c2ccccc2)CCCCC1. The average Bonchev–Trinajstić information content (AvgIpc) is 2.48. The van der Waals surface area contributed by atoms with Crippen molar-refractivity contribution >= 4 is 5.97 Å². The Morgan fingerprint density at radius 2 is 1.67 bits per heavy atom. The number of carbonyl (C=O) groups excluding carboxylic acids is 1. The molecule has 4 nitrogen and oxygen atoms in total. The monoisotopic (exact) mass is 292 g/mol. The second kappa shape index (κ2) is 6.58. The Bertz CT molecular complexity index is 455. The lowest BCUT2D eigenvalue weighted by Gasteiger charge is -2.35. The van der Waals surface area contributed by atoms with Crippen LogP contribution in [-0.2, 0) is 25.2 Å². The molecule has 1 aromatic carbocycles. The molecule has 1 aromatic rings. The number of hydrogen-bond acceptors (Lipinski definition) is 4. The maximum atomic E-state index is 11.7. The second-order valence-electron chi connectivity index (χ2n) is 6.69. The van der Waals surface area contributed by atoms with Gasteiger partial charge in [-0.25, -0.2) is 4.79 Å². The van der Waals surface area contributed by atoms with Gasteiger partial charge in [0.1, 0.15) is 5.60 Å². The topological polar surface area (TPSA) is 44.8 Å². The van der Waals surface area contributed by atoms with Gasteiger partial charge in [-0.2, -0.15) is 4.89 Å². The number of benzene rings is 1. The zero-order valence-electron chi connectivity index (χ0n) is 13.1. The minimum absolute atomic E-state index is 0.443. The third-order valence-corrected chi connectivity index (χ3v) is 3.88. The van der Waals surface area contributed by atoms with Crippen LogP contribution in [0.3, 0.4) is 0 Å². The van der Waals surface area contributed by atoms with Gasteiger partial charge in [0.05, 0.1) is 5.41 Å². The van der Waals surface area contributed by atoms with E-state index in [-0.39, 0.29) is 0 Å². The smallest absolute Gasteiger partial charge is 0.268 e. The van der Waals surface area contributed by atoms with Gasteiger partial charge in [0.2, 0.25) is 0 Å². The van der Waals surface area contributed by atoms with E-state index in [2.05, 4.69) is 0 Å². The summed E-state index contributed by atoms with van der Waals surface area (Å²) in [5, 5.41) is 4.87. The second-order valence-corrected chi connectivity index (χ2v) is 6.69. The van der Waals surface area contributed by atoms with E-state index in [1.165, 1.54) is 6.42 Å². The van der Waals surface area contributed by atoms with Crippen LogP contribution in [0, 0.1) is 5.41 Å². The summed E-state index contributed by atoms with van der Waals surface area (Å²) in [6, 6.07) is 9.99. The summed E-state index contributed by atoms with van der Waals surface area (Å²) in [5.41, 5.74) is -0.0652. The molecule has 0 saturated heterocycles. The van der Waals surface area contributed by atoms with E-state index in [1.807, 2.05) is 30.3 Å². The molecule has 0 N–H and O–H groups in total. The van der Waals surface area contributed by atoms with Gasteiger partial charge in [0.25, 0.3) is 0 Å². The molecule has 1 fully saturated rings. The van der Waals surface area contributed by atoms with Gasteiger partial charge in [-0.05, 0) is 44.2 Å². The lowest BCUT2D eigenvalue weighted by molar-refractivity contribution is -0.529. The maximum Gasteiger partial charge on any atom is 0.350 e. The van der Waals surface area contributed by atoms with Crippen LogP contribution in [0.5, 0.6) is 0 Å². The van der Waals surface area contributed by atoms with Crippen LogP contribution in [-0.4, -0.2) is 5.97 Å². The molecule has 0 spiro atoms. The zero-order valence-corrected chi connectivity index (χ0v) is 13.1. The van der Waals surface area contributed by atoms with E-state index in [4.69, 9.17) is 14.8 Å². The molecule has 0 amide bonds. The zero-order chi connectivity index (χ0) is 15.3. The van der Waals surface area contributed by atoms with Crippen LogP contribution in [0.4, 0.5) is 0 Å². The van der Waals surface area contributed by atoms with E-state index in [9.17, 15) is 4.79 Å². The molecule has 0 radical (unpaired) electrons. The minimum Gasteiger partial charge on any atom is -0.268 e. The van der Waals surface area contributed by atoms with Gasteiger partial charge >= 0.3 is 5.97 Å². The lowest BCUT2D eigenvalue weighted by Crippen LogP contribution is -2.33. The summed E-state index contributed by atoms with van der Waals surface area (Å²) in [6.45, 7) is 5.31. The quantitative estimate of drug-likeness (QED) is 0.613. The Labute approximate surface area is 126 Å². The Balaban J connectivity index is 2.03. The molecule has 4 heteroatoms. The molecular weight excluding hydrogens is 268 g/mol. The molecule has 0 bridgehead atoms. The number of rotatable bonds is 4. The highest BCUT2D eigenvalue weighted by atomic mass is 17.5. The van der Waals surface area contributed by atoms with Gasteiger partial charge in [-0.15, -0.1) is 0 Å². The van der Waals surface area contributed by atoms with Crippen LogP contribution in [0.2, 0.25) is 0 Å².